The Balaban J connectivity index is 3.72. The maximum Gasteiger partial charge on any atom is 0.215 e. The van der Waals surface area contributed by atoms with Crippen LogP contribution in [0, 0.1) is 0 Å². The second-order valence-electron chi connectivity index (χ2n) is 5.08. The second kappa shape index (κ2) is 10.6. The Bertz CT molecular complexity index is 305. The van der Waals surface area contributed by atoms with Gasteiger partial charge in [0, 0.05) is 19.7 Å². The van der Waals surface area contributed by atoms with Gasteiger partial charge in [0.25, 0.3) is 0 Å². The summed E-state index contributed by atoms with van der Waals surface area (Å²) in [6.07, 6.45) is 2.93. The summed E-state index contributed by atoms with van der Waals surface area (Å²) < 4.78 is 31.8. The van der Waals surface area contributed by atoms with Crippen LogP contribution in [0.2, 0.25) is 0 Å². The second-order valence-corrected chi connectivity index (χ2v) is 7.26. The number of unbranched alkanes of at least 4 members (excludes halogenated alkanes) is 1. The maximum atomic E-state index is 11.9. The summed E-state index contributed by atoms with van der Waals surface area (Å²) in [4.78, 5) is 0. The summed E-state index contributed by atoms with van der Waals surface area (Å²) in [5.41, 5.74) is 0. The monoisotopic (exact) mass is 294 g/mol. The fraction of sp³-hybridized carbons (Fsp3) is 1.00. The van der Waals surface area contributed by atoms with Crippen LogP contribution >= 0.6 is 0 Å². The Morgan fingerprint density at radius 1 is 1.11 bits per heavy atom. The summed E-state index contributed by atoms with van der Waals surface area (Å²) in [6, 6.07) is 0. The molecule has 6 heteroatoms. The third-order valence-corrected chi connectivity index (χ3v) is 4.55. The molecule has 0 aromatic carbocycles. The van der Waals surface area contributed by atoms with E-state index in [1.54, 1.807) is 6.92 Å². The molecule has 0 saturated heterocycles. The number of nitrogens with one attached hydrogen (secondary N) is 2. The Morgan fingerprint density at radius 2 is 1.79 bits per heavy atom. The van der Waals surface area contributed by atoms with E-state index in [1.807, 2.05) is 13.8 Å². The summed E-state index contributed by atoms with van der Waals surface area (Å²) >= 11 is 0. The number of hydrogen-bond acceptors (Lipinski definition) is 4. The quantitative estimate of drug-likeness (QED) is 0.535. The molecule has 0 saturated carbocycles. The Hall–Kier alpha value is -0.170. The summed E-state index contributed by atoms with van der Waals surface area (Å²) in [5, 5.41) is 2.73. The minimum absolute atomic E-state index is 0.237. The number of ether oxygens (including phenoxy) is 1. The molecule has 0 aromatic rings. The lowest BCUT2D eigenvalue weighted by molar-refractivity contribution is 0.0762. The van der Waals surface area contributed by atoms with E-state index in [9.17, 15) is 8.42 Å². The van der Waals surface area contributed by atoms with Crippen molar-refractivity contribution >= 4 is 10.0 Å². The van der Waals surface area contributed by atoms with Crippen molar-refractivity contribution in [2.45, 2.75) is 58.3 Å². The van der Waals surface area contributed by atoms with Gasteiger partial charge in [0.2, 0.25) is 10.0 Å². The first-order valence-corrected chi connectivity index (χ1v) is 8.75. The van der Waals surface area contributed by atoms with Crippen molar-refractivity contribution in [1.29, 1.82) is 0 Å². The van der Waals surface area contributed by atoms with Gasteiger partial charge >= 0.3 is 0 Å². The zero-order valence-corrected chi connectivity index (χ0v) is 13.6. The van der Waals surface area contributed by atoms with Crippen LogP contribution in [0.4, 0.5) is 0 Å². The van der Waals surface area contributed by atoms with Crippen LogP contribution in [0.5, 0.6) is 0 Å². The van der Waals surface area contributed by atoms with Crippen molar-refractivity contribution < 1.29 is 13.2 Å². The predicted molar refractivity (Wildman–Crippen MR) is 79.9 cm³/mol. The van der Waals surface area contributed by atoms with Gasteiger partial charge in [0.05, 0.1) is 11.4 Å². The van der Waals surface area contributed by atoms with Gasteiger partial charge in [0.15, 0.2) is 0 Å². The van der Waals surface area contributed by atoms with Crippen molar-refractivity contribution in [3.63, 3.8) is 0 Å². The predicted octanol–water partition coefficient (Wildman–Crippen LogP) is 1.50. The molecule has 0 rings (SSSR count). The third kappa shape index (κ3) is 10.3. The topological polar surface area (TPSA) is 67.4 Å². The Kier molecular flexibility index (Phi) is 10.5. The normalized spacial score (nSPS) is 13.9. The average Bonchev–Trinajstić information content (AvgIpc) is 2.33. The van der Waals surface area contributed by atoms with Crippen LogP contribution in [0.3, 0.4) is 0 Å². The molecule has 0 heterocycles. The largest absolute Gasteiger partial charge is 0.379 e. The highest BCUT2D eigenvalue weighted by Crippen LogP contribution is 1.99. The number of hydrogen-bond donors (Lipinski definition) is 2. The first-order chi connectivity index (χ1) is 8.90. The van der Waals surface area contributed by atoms with Gasteiger partial charge in [-0.15, -0.1) is 0 Å². The Morgan fingerprint density at radius 3 is 2.37 bits per heavy atom. The highest BCUT2D eigenvalue weighted by molar-refractivity contribution is 7.90. The highest BCUT2D eigenvalue weighted by atomic mass is 32.2. The lowest BCUT2D eigenvalue weighted by atomic mass is 10.3. The lowest BCUT2D eigenvalue weighted by Crippen LogP contribution is -2.39. The SMILES string of the molecule is CCCNCC(C)S(=O)(=O)NCCCCOC(C)C. The van der Waals surface area contributed by atoms with E-state index in [1.165, 1.54) is 0 Å². The maximum absolute atomic E-state index is 11.9. The molecule has 0 aromatic heterocycles. The molecule has 0 bridgehead atoms. The van der Waals surface area contributed by atoms with E-state index in [4.69, 9.17) is 4.74 Å². The molecule has 0 amide bonds. The van der Waals surface area contributed by atoms with Gasteiger partial charge < -0.3 is 10.1 Å². The molecule has 5 nitrogen and oxygen atoms in total. The molecule has 116 valence electrons. The van der Waals surface area contributed by atoms with E-state index in [0.717, 1.165) is 25.8 Å². The number of rotatable bonds is 12. The van der Waals surface area contributed by atoms with Crippen molar-refractivity contribution in [3.8, 4) is 0 Å². The van der Waals surface area contributed by atoms with Crippen LogP contribution in [0.15, 0.2) is 0 Å². The first kappa shape index (κ1) is 18.8. The smallest absolute Gasteiger partial charge is 0.215 e. The first-order valence-electron chi connectivity index (χ1n) is 7.21. The lowest BCUT2D eigenvalue weighted by Gasteiger charge is -2.14. The molecule has 0 aliphatic rings. The van der Waals surface area contributed by atoms with E-state index >= 15 is 0 Å². The molecular formula is C13H30N2O3S. The molecule has 0 aliphatic heterocycles. The minimum atomic E-state index is -3.20. The summed E-state index contributed by atoms with van der Waals surface area (Å²) in [7, 11) is -3.20. The molecule has 0 spiro atoms. The van der Waals surface area contributed by atoms with Crippen molar-refractivity contribution in [2.24, 2.45) is 0 Å². The van der Waals surface area contributed by atoms with Gasteiger partial charge in [-0.1, -0.05) is 6.92 Å². The van der Waals surface area contributed by atoms with Gasteiger partial charge in [-0.3, -0.25) is 0 Å². The van der Waals surface area contributed by atoms with Gasteiger partial charge in [-0.05, 0) is 46.6 Å². The van der Waals surface area contributed by atoms with Crippen molar-refractivity contribution in [1.82, 2.24) is 10.0 Å². The fourth-order valence-electron chi connectivity index (χ4n) is 1.49. The van der Waals surface area contributed by atoms with Gasteiger partial charge in [0.1, 0.15) is 0 Å². The van der Waals surface area contributed by atoms with Crippen molar-refractivity contribution in [3.05, 3.63) is 0 Å². The Labute approximate surface area is 118 Å². The molecule has 1 atom stereocenters. The molecule has 2 N–H and O–H groups in total. The number of sulfonamides is 1. The van der Waals surface area contributed by atoms with Gasteiger partial charge in [-0.25, -0.2) is 13.1 Å². The van der Waals surface area contributed by atoms with E-state index in [-0.39, 0.29) is 6.10 Å². The van der Waals surface area contributed by atoms with E-state index in [2.05, 4.69) is 17.0 Å². The summed E-state index contributed by atoms with van der Waals surface area (Å²) in [5.74, 6) is 0. The van der Waals surface area contributed by atoms with Crippen LogP contribution in [0.1, 0.15) is 47.0 Å². The fourth-order valence-corrected chi connectivity index (χ4v) is 2.55. The van der Waals surface area contributed by atoms with E-state index in [0.29, 0.717) is 19.7 Å². The standard InChI is InChI=1S/C13H30N2O3S/c1-5-8-14-11-13(4)19(16,17)15-9-6-7-10-18-12(2)3/h12-15H,5-11H2,1-4H3. The molecule has 0 aliphatic carbocycles. The van der Waals surface area contributed by atoms with Crippen LogP contribution in [-0.2, 0) is 14.8 Å². The highest BCUT2D eigenvalue weighted by Gasteiger charge is 2.19. The zero-order chi connectivity index (χ0) is 14.7. The van der Waals surface area contributed by atoms with Crippen molar-refractivity contribution in [2.75, 3.05) is 26.2 Å². The molecule has 0 radical (unpaired) electrons. The van der Waals surface area contributed by atoms with Crippen LogP contribution in [0.25, 0.3) is 0 Å². The van der Waals surface area contributed by atoms with Gasteiger partial charge in [-0.2, -0.15) is 0 Å². The molecule has 0 fully saturated rings. The average molecular weight is 294 g/mol. The molecule has 1 unspecified atom stereocenters. The van der Waals surface area contributed by atoms with Crippen LogP contribution < -0.4 is 10.0 Å². The molecule has 19 heavy (non-hydrogen) atoms. The summed E-state index contributed by atoms with van der Waals surface area (Å²) in [6.45, 7) is 10.3. The minimum Gasteiger partial charge on any atom is -0.379 e. The zero-order valence-electron chi connectivity index (χ0n) is 12.7. The molecular weight excluding hydrogens is 264 g/mol. The van der Waals surface area contributed by atoms with Crippen LogP contribution in [-0.4, -0.2) is 46.0 Å². The third-order valence-electron chi connectivity index (χ3n) is 2.71. The van der Waals surface area contributed by atoms with E-state index < -0.39 is 15.3 Å².